The predicted molar refractivity (Wildman–Crippen MR) is 106 cm³/mol. The minimum Gasteiger partial charge on any atom is -0.369 e. The van der Waals surface area contributed by atoms with Crippen LogP contribution in [0.1, 0.15) is 20.8 Å². The van der Waals surface area contributed by atoms with Crippen molar-refractivity contribution >= 4 is 46.0 Å². The Morgan fingerprint density at radius 2 is 1.48 bits per heavy atom. The number of rotatable bonds is 5. The smallest absolute Gasteiger partial charge is 0.175 e. The van der Waals surface area contributed by atoms with Crippen LogP contribution >= 0.6 is 23.8 Å². The Labute approximate surface area is 148 Å². The van der Waals surface area contributed by atoms with E-state index in [0.29, 0.717) is 16.2 Å². The first-order valence-corrected chi connectivity index (χ1v) is 8.48. The highest BCUT2D eigenvalue weighted by molar-refractivity contribution is 7.80. The van der Waals surface area contributed by atoms with Gasteiger partial charge in [0, 0.05) is 34.7 Å². The lowest BCUT2D eigenvalue weighted by Gasteiger charge is -2.27. The molecule has 0 saturated heterocycles. The number of nitrogens with one attached hydrogen (secondary N) is 2. The molecule has 3 nitrogen and oxygen atoms in total. The number of benzene rings is 2. The van der Waals surface area contributed by atoms with Crippen LogP contribution in [0.5, 0.6) is 0 Å². The molecule has 122 valence electrons. The molecule has 0 radical (unpaired) electrons. The maximum Gasteiger partial charge on any atom is 0.175 e. The number of thiocarbonyl (C=S) groups is 1. The first-order valence-electron chi connectivity index (χ1n) is 7.70. The van der Waals surface area contributed by atoms with E-state index in [9.17, 15) is 0 Å². The van der Waals surface area contributed by atoms with Crippen LogP contribution < -0.4 is 15.5 Å². The first-order chi connectivity index (χ1) is 11.0. The third-order valence-corrected chi connectivity index (χ3v) is 3.98. The highest BCUT2D eigenvalue weighted by atomic mass is 35.5. The van der Waals surface area contributed by atoms with E-state index in [2.05, 4.69) is 48.4 Å². The average molecular weight is 348 g/mol. The lowest BCUT2D eigenvalue weighted by atomic mass is 10.2. The summed E-state index contributed by atoms with van der Waals surface area (Å²) in [6.07, 6.45) is 0. The number of hydrogen-bond acceptors (Lipinski definition) is 2. The van der Waals surface area contributed by atoms with E-state index in [1.165, 1.54) is 5.69 Å². The Bertz CT molecular complexity index is 638. The molecule has 0 bridgehead atoms. The third-order valence-electron chi connectivity index (χ3n) is 3.52. The molecule has 0 aromatic heterocycles. The van der Waals surface area contributed by atoms with Gasteiger partial charge in [0.15, 0.2) is 5.11 Å². The summed E-state index contributed by atoms with van der Waals surface area (Å²) >= 11 is 11.2. The van der Waals surface area contributed by atoms with Gasteiger partial charge in [0.2, 0.25) is 0 Å². The van der Waals surface area contributed by atoms with Crippen molar-refractivity contribution in [2.24, 2.45) is 0 Å². The van der Waals surface area contributed by atoms with Crippen molar-refractivity contribution in [3.05, 3.63) is 53.6 Å². The van der Waals surface area contributed by atoms with Gasteiger partial charge < -0.3 is 15.5 Å². The Morgan fingerprint density at radius 3 is 1.91 bits per heavy atom. The summed E-state index contributed by atoms with van der Waals surface area (Å²) in [5.41, 5.74) is 3.07. The molecule has 2 aromatic carbocycles. The molecule has 0 aliphatic rings. The Kier molecular flexibility index (Phi) is 6.25. The van der Waals surface area contributed by atoms with Gasteiger partial charge >= 0.3 is 0 Å². The highest BCUT2D eigenvalue weighted by Crippen LogP contribution is 2.20. The van der Waals surface area contributed by atoms with Crippen LogP contribution in [0.25, 0.3) is 0 Å². The summed E-state index contributed by atoms with van der Waals surface area (Å²) in [7, 11) is 0. The zero-order chi connectivity index (χ0) is 16.8. The van der Waals surface area contributed by atoms with Gasteiger partial charge in [0.25, 0.3) is 0 Å². The fourth-order valence-electron chi connectivity index (χ4n) is 2.41. The fraction of sp³-hybridized carbons (Fsp3) is 0.278. The molecule has 5 heteroatoms. The zero-order valence-electron chi connectivity index (χ0n) is 13.6. The molecule has 0 atom stereocenters. The summed E-state index contributed by atoms with van der Waals surface area (Å²) in [5.74, 6) is 0. The summed E-state index contributed by atoms with van der Waals surface area (Å²) < 4.78 is 0. The number of nitrogens with zero attached hydrogens (tertiary/aromatic N) is 1. The van der Waals surface area contributed by atoms with E-state index in [0.717, 1.165) is 17.9 Å². The minimum atomic E-state index is 0.478. The normalized spacial score (nSPS) is 10.5. The van der Waals surface area contributed by atoms with Gasteiger partial charge in [-0.25, -0.2) is 0 Å². The number of halogens is 1. The van der Waals surface area contributed by atoms with E-state index < -0.39 is 0 Å². The van der Waals surface area contributed by atoms with Gasteiger partial charge in [0.1, 0.15) is 0 Å². The molecular formula is C18H22ClN3S. The zero-order valence-corrected chi connectivity index (χ0v) is 15.2. The highest BCUT2D eigenvalue weighted by Gasteiger charge is 2.08. The maximum atomic E-state index is 5.87. The molecule has 2 N–H and O–H groups in total. The molecule has 0 aliphatic carbocycles. The molecule has 0 unspecified atom stereocenters. The Morgan fingerprint density at radius 1 is 1.00 bits per heavy atom. The van der Waals surface area contributed by atoms with Crippen LogP contribution in [0.4, 0.5) is 17.1 Å². The van der Waals surface area contributed by atoms with Crippen LogP contribution in [0, 0.1) is 0 Å². The molecule has 0 amide bonds. The van der Waals surface area contributed by atoms with Crippen molar-refractivity contribution in [2.45, 2.75) is 26.8 Å². The second kappa shape index (κ2) is 8.18. The van der Waals surface area contributed by atoms with Gasteiger partial charge in [-0.3, -0.25) is 0 Å². The Hall–Kier alpha value is -1.78. The molecule has 0 heterocycles. The van der Waals surface area contributed by atoms with Crippen LogP contribution in [-0.2, 0) is 0 Å². The van der Waals surface area contributed by atoms with Gasteiger partial charge in [-0.15, -0.1) is 0 Å². The Balaban J connectivity index is 1.97. The maximum absolute atomic E-state index is 5.87. The summed E-state index contributed by atoms with van der Waals surface area (Å²) in [4.78, 5) is 2.34. The lowest BCUT2D eigenvalue weighted by molar-refractivity contribution is 0.704. The number of anilines is 3. The molecule has 2 aromatic rings. The van der Waals surface area contributed by atoms with E-state index in [1.54, 1.807) is 0 Å². The van der Waals surface area contributed by atoms with Crippen molar-refractivity contribution in [1.29, 1.82) is 0 Å². The molecule has 2 rings (SSSR count). The van der Waals surface area contributed by atoms with E-state index in [-0.39, 0.29) is 0 Å². The fourth-order valence-corrected chi connectivity index (χ4v) is 2.77. The first kappa shape index (κ1) is 17.6. The van der Waals surface area contributed by atoms with Crippen LogP contribution in [0.2, 0.25) is 5.02 Å². The van der Waals surface area contributed by atoms with Gasteiger partial charge in [-0.2, -0.15) is 0 Å². The second-order valence-electron chi connectivity index (χ2n) is 5.51. The second-order valence-corrected chi connectivity index (χ2v) is 6.36. The van der Waals surface area contributed by atoms with Crippen LogP contribution in [-0.4, -0.2) is 17.7 Å². The molecule has 0 fully saturated rings. The SMILES string of the molecule is CCN(c1ccc(NC(=S)Nc2ccc(Cl)cc2)cc1)C(C)C. The van der Waals surface area contributed by atoms with E-state index >= 15 is 0 Å². The standard InChI is InChI=1S/C18H22ClN3S/c1-4-22(13(2)3)17-11-9-16(10-12-17)21-18(23)20-15-7-5-14(19)6-8-15/h5-13H,4H2,1-3H3,(H2,20,21,23). The quantitative estimate of drug-likeness (QED) is 0.710. The topological polar surface area (TPSA) is 27.3 Å². The molecule has 23 heavy (non-hydrogen) atoms. The average Bonchev–Trinajstić information content (AvgIpc) is 2.51. The lowest BCUT2D eigenvalue weighted by Crippen LogP contribution is -2.30. The summed E-state index contributed by atoms with van der Waals surface area (Å²) in [6.45, 7) is 7.54. The van der Waals surface area contributed by atoms with Crippen molar-refractivity contribution in [3.63, 3.8) is 0 Å². The molecule has 0 saturated carbocycles. The van der Waals surface area contributed by atoms with Crippen LogP contribution in [0.3, 0.4) is 0 Å². The summed E-state index contributed by atoms with van der Waals surface area (Å²) in [5, 5.41) is 7.58. The van der Waals surface area contributed by atoms with E-state index in [1.807, 2.05) is 36.4 Å². The van der Waals surface area contributed by atoms with E-state index in [4.69, 9.17) is 23.8 Å². The van der Waals surface area contributed by atoms with Gasteiger partial charge in [-0.05, 0) is 81.5 Å². The largest absolute Gasteiger partial charge is 0.369 e. The molecule has 0 aliphatic heterocycles. The molecule has 0 spiro atoms. The minimum absolute atomic E-state index is 0.478. The van der Waals surface area contributed by atoms with Crippen LogP contribution in [0.15, 0.2) is 48.5 Å². The number of hydrogen-bond donors (Lipinski definition) is 2. The van der Waals surface area contributed by atoms with Crippen molar-refractivity contribution < 1.29 is 0 Å². The monoisotopic (exact) mass is 347 g/mol. The summed E-state index contributed by atoms with van der Waals surface area (Å²) in [6, 6.07) is 16.2. The van der Waals surface area contributed by atoms with Gasteiger partial charge in [0.05, 0.1) is 0 Å². The van der Waals surface area contributed by atoms with Gasteiger partial charge in [-0.1, -0.05) is 11.6 Å². The third kappa shape index (κ3) is 5.12. The predicted octanol–water partition coefficient (Wildman–Crippen LogP) is 5.38. The van der Waals surface area contributed by atoms with Crippen molar-refractivity contribution in [1.82, 2.24) is 0 Å². The molecular weight excluding hydrogens is 326 g/mol. The van der Waals surface area contributed by atoms with Crippen molar-refractivity contribution in [3.8, 4) is 0 Å². The van der Waals surface area contributed by atoms with Crippen molar-refractivity contribution in [2.75, 3.05) is 22.1 Å².